The number of rotatable bonds is 7. The summed E-state index contributed by atoms with van der Waals surface area (Å²) in [4.78, 5) is 17.7. The third-order valence-corrected chi connectivity index (χ3v) is 6.66. The van der Waals surface area contributed by atoms with Crippen molar-refractivity contribution < 1.29 is 9.90 Å². The number of nitrogens with zero attached hydrogens (tertiary/aromatic N) is 2. The molecule has 0 fully saturated rings. The normalized spacial score (nSPS) is 14.9. The van der Waals surface area contributed by atoms with Gasteiger partial charge in [-0.05, 0) is 59.9 Å². The van der Waals surface area contributed by atoms with E-state index in [0.29, 0.717) is 18.2 Å². The van der Waals surface area contributed by atoms with Gasteiger partial charge in [0.1, 0.15) is 0 Å². The van der Waals surface area contributed by atoms with E-state index in [1.807, 2.05) is 0 Å². The minimum atomic E-state index is -0.939. The van der Waals surface area contributed by atoms with Crippen molar-refractivity contribution in [3.05, 3.63) is 83.2 Å². The van der Waals surface area contributed by atoms with Crippen LogP contribution in [-0.2, 0) is 10.8 Å². The van der Waals surface area contributed by atoms with Crippen molar-refractivity contribution in [2.24, 2.45) is 0 Å². The van der Waals surface area contributed by atoms with E-state index < -0.39 is 5.97 Å². The monoisotopic (exact) mass is 513 g/mol. The minimum Gasteiger partial charge on any atom is -0.478 e. The Bertz CT molecular complexity index is 1050. The summed E-state index contributed by atoms with van der Waals surface area (Å²) in [6.45, 7) is 0.700. The lowest BCUT2D eigenvalue weighted by atomic mass is 10.0. The number of nitrogens with one attached hydrogen (secondary N) is 1. The lowest BCUT2D eigenvalue weighted by Crippen LogP contribution is -2.13. The average Bonchev–Trinajstić information content (AvgIpc) is 3.19. The molecule has 0 spiro atoms. The van der Waals surface area contributed by atoms with Crippen molar-refractivity contribution in [1.82, 2.24) is 4.98 Å². The molecule has 0 bridgehead atoms. The number of pyridine rings is 1. The molecule has 1 heterocycles. The van der Waals surface area contributed by atoms with Crippen LogP contribution in [0.25, 0.3) is 0 Å². The Labute approximate surface area is 190 Å². The molecule has 1 atom stereocenters. The summed E-state index contributed by atoms with van der Waals surface area (Å²) in [5.41, 5.74) is 7.25. The topological polar surface area (TPSA) is 65.5 Å². The van der Waals surface area contributed by atoms with Crippen molar-refractivity contribution in [3.63, 3.8) is 0 Å². The Balaban J connectivity index is 1.48. The van der Waals surface area contributed by atoms with Crippen LogP contribution in [0.2, 0.25) is 0 Å². The molecule has 0 aliphatic heterocycles. The molecule has 2 aromatic carbocycles. The Hall–Kier alpha value is -2.61. The third-order valence-electron chi connectivity index (χ3n) is 5.78. The molecule has 1 aliphatic carbocycles. The first kappa shape index (κ1) is 20.7. The number of anilines is 3. The van der Waals surface area contributed by atoms with Gasteiger partial charge >= 0.3 is 5.97 Å². The number of fused-ring (bicyclic) bond motifs is 1. The van der Waals surface area contributed by atoms with Gasteiger partial charge in [0.15, 0.2) is 0 Å². The zero-order chi connectivity index (χ0) is 21.1. The number of carboxylic acid groups (broad SMARTS) is 1. The smallest absolute Gasteiger partial charge is 0.337 e. The maximum Gasteiger partial charge on any atom is 0.337 e. The molecular weight excluding hydrogens is 489 g/mol. The molecular formula is C24H24IN3O2. The molecule has 30 heavy (non-hydrogen) atoms. The Morgan fingerprint density at radius 1 is 1.20 bits per heavy atom. The van der Waals surface area contributed by atoms with Crippen molar-refractivity contribution in [2.45, 2.75) is 23.2 Å². The number of halogens is 1. The largest absolute Gasteiger partial charge is 0.478 e. The summed E-state index contributed by atoms with van der Waals surface area (Å²) < 4.78 is 1.02. The first-order valence-corrected chi connectivity index (χ1v) is 11.5. The third kappa shape index (κ3) is 4.28. The Kier molecular flexibility index (Phi) is 6.22. The molecule has 6 heteroatoms. The van der Waals surface area contributed by atoms with Gasteiger partial charge in [-0.25, -0.2) is 4.79 Å². The summed E-state index contributed by atoms with van der Waals surface area (Å²) >= 11 is 2.38. The first-order chi connectivity index (χ1) is 14.6. The Morgan fingerprint density at radius 2 is 1.97 bits per heavy atom. The lowest BCUT2D eigenvalue weighted by Gasteiger charge is -2.21. The summed E-state index contributed by atoms with van der Waals surface area (Å²) in [6.07, 6.45) is 5.19. The van der Waals surface area contributed by atoms with Gasteiger partial charge in [-0.1, -0.05) is 40.8 Å². The maximum absolute atomic E-state index is 11.4. The lowest BCUT2D eigenvalue weighted by molar-refractivity contribution is 0.0698. The zero-order valence-corrected chi connectivity index (χ0v) is 19.0. The highest BCUT2D eigenvalue weighted by Crippen LogP contribution is 2.37. The number of hydrogen-bond donors (Lipinski definition) is 2. The molecule has 0 radical (unpaired) electrons. The predicted octanol–water partition coefficient (Wildman–Crippen LogP) is 5.62. The molecule has 0 unspecified atom stereocenters. The summed E-state index contributed by atoms with van der Waals surface area (Å²) in [7, 11) is 2.10. The van der Waals surface area contributed by atoms with Crippen LogP contribution in [0.4, 0.5) is 17.1 Å². The number of aromatic carboxylic acids is 1. The average molecular weight is 513 g/mol. The van der Waals surface area contributed by atoms with E-state index in [4.69, 9.17) is 0 Å². The van der Waals surface area contributed by atoms with E-state index in [1.54, 1.807) is 6.20 Å². The predicted molar refractivity (Wildman–Crippen MR) is 129 cm³/mol. The standard InChI is InChI=1S/C24H24IN3O2/c1-28(19-6-2-16(13-25)3-7-19)20-8-9-21-17(12-20)4-5-18(21)14-27-23-15-26-11-10-22(23)24(29)30/h2-3,6-12,15,18,27H,4-5,13-14H2,1H3,(H,29,30)/t18-/m0/s1. The van der Waals surface area contributed by atoms with E-state index in [0.717, 1.165) is 17.3 Å². The van der Waals surface area contributed by atoms with Gasteiger partial charge in [0.2, 0.25) is 0 Å². The number of carbonyl (C=O) groups is 1. The second-order valence-corrected chi connectivity index (χ2v) is 8.35. The first-order valence-electron chi connectivity index (χ1n) is 9.99. The van der Waals surface area contributed by atoms with Gasteiger partial charge in [0, 0.05) is 41.5 Å². The van der Waals surface area contributed by atoms with Crippen LogP contribution in [0.15, 0.2) is 60.9 Å². The van der Waals surface area contributed by atoms with E-state index in [-0.39, 0.29) is 5.56 Å². The van der Waals surface area contributed by atoms with Gasteiger partial charge in [-0.2, -0.15) is 0 Å². The van der Waals surface area contributed by atoms with Crippen LogP contribution in [-0.4, -0.2) is 29.7 Å². The molecule has 0 saturated heterocycles. The summed E-state index contributed by atoms with van der Waals surface area (Å²) in [6, 6.07) is 16.9. The number of benzene rings is 2. The summed E-state index contributed by atoms with van der Waals surface area (Å²) in [5.74, 6) is -0.574. The molecule has 5 nitrogen and oxygen atoms in total. The van der Waals surface area contributed by atoms with Gasteiger partial charge in [-0.3, -0.25) is 4.98 Å². The molecule has 1 aromatic heterocycles. The van der Waals surface area contributed by atoms with Gasteiger partial charge in [0.05, 0.1) is 17.4 Å². The van der Waals surface area contributed by atoms with Crippen LogP contribution in [0.5, 0.6) is 0 Å². The highest BCUT2D eigenvalue weighted by Gasteiger charge is 2.23. The van der Waals surface area contributed by atoms with Crippen molar-refractivity contribution in [2.75, 3.05) is 23.8 Å². The fourth-order valence-electron chi connectivity index (χ4n) is 4.03. The highest BCUT2D eigenvalue weighted by atomic mass is 127. The molecule has 2 N–H and O–H groups in total. The van der Waals surface area contributed by atoms with Gasteiger partial charge in [-0.15, -0.1) is 0 Å². The van der Waals surface area contributed by atoms with E-state index >= 15 is 0 Å². The van der Waals surface area contributed by atoms with Gasteiger partial charge < -0.3 is 15.3 Å². The summed E-state index contributed by atoms with van der Waals surface area (Å²) in [5, 5.41) is 12.6. The quantitative estimate of drug-likeness (QED) is 0.317. The molecule has 4 rings (SSSR count). The van der Waals surface area contributed by atoms with Crippen molar-refractivity contribution >= 4 is 45.6 Å². The maximum atomic E-state index is 11.4. The minimum absolute atomic E-state index is 0.258. The molecule has 0 saturated carbocycles. The fourth-order valence-corrected chi connectivity index (χ4v) is 4.53. The van der Waals surface area contributed by atoms with Crippen LogP contribution in [0, 0.1) is 0 Å². The SMILES string of the molecule is CN(c1ccc(CI)cc1)c1ccc2c(c1)CC[C@H]2CNc1cnccc1C(=O)O. The Morgan fingerprint density at radius 3 is 2.70 bits per heavy atom. The zero-order valence-electron chi connectivity index (χ0n) is 16.8. The molecule has 154 valence electrons. The van der Waals surface area contributed by atoms with E-state index in [1.165, 1.54) is 40.3 Å². The van der Waals surface area contributed by atoms with E-state index in [2.05, 4.69) is 87.3 Å². The number of aryl methyl sites for hydroxylation is 1. The number of aromatic nitrogens is 1. The van der Waals surface area contributed by atoms with Crippen LogP contribution in [0.1, 0.15) is 39.4 Å². The second-order valence-electron chi connectivity index (χ2n) is 7.59. The van der Waals surface area contributed by atoms with Crippen molar-refractivity contribution in [3.8, 4) is 0 Å². The molecule has 1 aliphatic rings. The second kappa shape index (κ2) is 9.04. The van der Waals surface area contributed by atoms with Crippen LogP contribution < -0.4 is 10.2 Å². The van der Waals surface area contributed by atoms with Crippen LogP contribution in [0.3, 0.4) is 0 Å². The number of hydrogen-bond acceptors (Lipinski definition) is 4. The number of carboxylic acids is 1. The van der Waals surface area contributed by atoms with Crippen LogP contribution >= 0.6 is 22.6 Å². The molecule has 3 aromatic rings. The van der Waals surface area contributed by atoms with E-state index in [9.17, 15) is 9.90 Å². The molecule has 0 amide bonds. The van der Waals surface area contributed by atoms with Crippen molar-refractivity contribution in [1.29, 1.82) is 0 Å². The highest BCUT2D eigenvalue weighted by molar-refractivity contribution is 14.1. The van der Waals surface area contributed by atoms with Gasteiger partial charge in [0.25, 0.3) is 0 Å². The number of alkyl halides is 1. The fraction of sp³-hybridized carbons (Fsp3) is 0.250.